The van der Waals surface area contributed by atoms with Crippen LogP contribution in [0.5, 0.6) is 0 Å². The summed E-state index contributed by atoms with van der Waals surface area (Å²) in [7, 11) is -2.98. The molecule has 0 spiro atoms. The summed E-state index contributed by atoms with van der Waals surface area (Å²) in [4.78, 5) is 19.0. The Bertz CT molecular complexity index is 936. The molecular formula is C20H25N3O3S. The first-order chi connectivity index (χ1) is 12.8. The summed E-state index contributed by atoms with van der Waals surface area (Å²) < 4.78 is 23.7. The minimum atomic E-state index is -2.98. The van der Waals surface area contributed by atoms with E-state index < -0.39 is 9.84 Å². The highest BCUT2D eigenvalue weighted by Gasteiger charge is 2.32. The van der Waals surface area contributed by atoms with Gasteiger partial charge in [-0.05, 0) is 44.4 Å². The summed E-state index contributed by atoms with van der Waals surface area (Å²) in [6.07, 6.45) is 3.82. The number of hydrogen-bond acceptors (Lipinski definition) is 5. The van der Waals surface area contributed by atoms with Gasteiger partial charge in [0, 0.05) is 24.5 Å². The summed E-state index contributed by atoms with van der Waals surface area (Å²) in [6, 6.07) is 7.58. The second kappa shape index (κ2) is 7.68. The number of carbonyl (C=O) groups is 1. The average Bonchev–Trinajstić information content (AvgIpc) is 2.98. The van der Waals surface area contributed by atoms with Crippen LogP contribution in [-0.2, 0) is 9.84 Å². The van der Waals surface area contributed by atoms with Crippen molar-refractivity contribution in [2.75, 3.05) is 28.3 Å². The standard InChI is InChI=1S/C20H25N3O3S/c1-4-23(17-8-9-27(25,26)13-17)18-10-16(11-21-12-18)20(24)22-19-14(2)6-5-7-15(19)3/h5-7,10-12,17H,4,8-9,13H2,1-3H3,(H,22,24). The maximum Gasteiger partial charge on any atom is 0.257 e. The zero-order chi connectivity index (χ0) is 19.6. The van der Waals surface area contributed by atoms with E-state index >= 15 is 0 Å². The first kappa shape index (κ1) is 19.4. The molecule has 2 heterocycles. The van der Waals surface area contributed by atoms with Crippen LogP contribution in [0, 0.1) is 13.8 Å². The Morgan fingerprint density at radius 3 is 2.56 bits per heavy atom. The Balaban J connectivity index is 1.83. The predicted octanol–water partition coefficient (Wildman–Crippen LogP) is 2.96. The third-order valence-electron chi connectivity index (χ3n) is 5.03. The van der Waals surface area contributed by atoms with Crippen molar-refractivity contribution in [1.29, 1.82) is 0 Å². The lowest BCUT2D eigenvalue weighted by Crippen LogP contribution is -2.36. The topological polar surface area (TPSA) is 79.4 Å². The fourth-order valence-corrected chi connectivity index (χ4v) is 5.31. The largest absolute Gasteiger partial charge is 0.367 e. The lowest BCUT2D eigenvalue weighted by atomic mass is 10.1. The van der Waals surface area contributed by atoms with Crippen molar-refractivity contribution in [3.63, 3.8) is 0 Å². The van der Waals surface area contributed by atoms with Gasteiger partial charge in [0.05, 0.1) is 29.0 Å². The van der Waals surface area contributed by atoms with E-state index in [1.807, 2.05) is 43.9 Å². The number of carbonyl (C=O) groups excluding carboxylic acids is 1. The number of hydrogen-bond donors (Lipinski definition) is 1. The fraction of sp³-hybridized carbons (Fsp3) is 0.400. The van der Waals surface area contributed by atoms with Gasteiger partial charge >= 0.3 is 0 Å². The zero-order valence-electron chi connectivity index (χ0n) is 15.9. The molecule has 3 rings (SSSR count). The molecule has 1 aromatic carbocycles. The van der Waals surface area contributed by atoms with Crippen molar-refractivity contribution in [1.82, 2.24) is 4.98 Å². The minimum absolute atomic E-state index is 0.0706. The predicted molar refractivity (Wildman–Crippen MR) is 108 cm³/mol. The van der Waals surface area contributed by atoms with Gasteiger partial charge in [0.25, 0.3) is 5.91 Å². The average molecular weight is 388 g/mol. The zero-order valence-corrected chi connectivity index (χ0v) is 16.7. The molecular weight excluding hydrogens is 362 g/mol. The van der Waals surface area contributed by atoms with E-state index in [1.54, 1.807) is 12.3 Å². The van der Waals surface area contributed by atoms with Gasteiger partial charge in [0.15, 0.2) is 9.84 Å². The van der Waals surface area contributed by atoms with Gasteiger partial charge in [-0.3, -0.25) is 9.78 Å². The van der Waals surface area contributed by atoms with E-state index in [-0.39, 0.29) is 23.5 Å². The number of pyridine rings is 1. The molecule has 0 saturated carbocycles. The third kappa shape index (κ3) is 4.30. The van der Waals surface area contributed by atoms with Crippen LogP contribution < -0.4 is 10.2 Å². The Morgan fingerprint density at radius 2 is 1.96 bits per heavy atom. The van der Waals surface area contributed by atoms with E-state index in [4.69, 9.17) is 0 Å². The lowest BCUT2D eigenvalue weighted by molar-refractivity contribution is 0.102. The SMILES string of the molecule is CCN(c1cncc(C(=O)Nc2c(C)cccc2C)c1)C1CCS(=O)(=O)C1. The molecule has 6 nitrogen and oxygen atoms in total. The van der Waals surface area contributed by atoms with Gasteiger partial charge in [0.2, 0.25) is 0 Å². The van der Waals surface area contributed by atoms with Crippen LogP contribution in [0.2, 0.25) is 0 Å². The molecule has 0 bridgehead atoms. The summed E-state index contributed by atoms with van der Waals surface area (Å²) in [5, 5.41) is 2.97. The van der Waals surface area contributed by atoms with E-state index in [0.29, 0.717) is 18.5 Å². The molecule has 1 fully saturated rings. The fourth-order valence-electron chi connectivity index (χ4n) is 3.58. The van der Waals surface area contributed by atoms with E-state index in [2.05, 4.69) is 10.3 Å². The monoisotopic (exact) mass is 387 g/mol. The molecule has 1 atom stereocenters. The van der Waals surface area contributed by atoms with Crippen molar-refractivity contribution in [3.8, 4) is 0 Å². The maximum atomic E-state index is 12.7. The van der Waals surface area contributed by atoms with Crippen LogP contribution in [0.1, 0.15) is 34.8 Å². The van der Waals surface area contributed by atoms with Gasteiger partial charge < -0.3 is 10.2 Å². The quantitative estimate of drug-likeness (QED) is 0.853. The number of aromatic nitrogens is 1. The third-order valence-corrected chi connectivity index (χ3v) is 6.78. The number of nitrogens with zero attached hydrogens (tertiary/aromatic N) is 2. The van der Waals surface area contributed by atoms with Crippen LogP contribution in [-0.4, -0.2) is 43.4 Å². The minimum Gasteiger partial charge on any atom is -0.367 e. The Labute approximate surface area is 160 Å². The molecule has 2 aromatic rings. The number of aryl methyl sites for hydroxylation is 2. The Hall–Kier alpha value is -2.41. The molecule has 1 aromatic heterocycles. The molecule has 1 unspecified atom stereocenters. The highest BCUT2D eigenvalue weighted by atomic mass is 32.2. The maximum absolute atomic E-state index is 12.7. The van der Waals surface area contributed by atoms with Gasteiger partial charge in [-0.1, -0.05) is 18.2 Å². The van der Waals surface area contributed by atoms with Crippen molar-refractivity contribution < 1.29 is 13.2 Å². The summed E-state index contributed by atoms with van der Waals surface area (Å²) in [5.41, 5.74) is 4.03. The number of anilines is 2. The second-order valence-electron chi connectivity index (χ2n) is 7.00. The Kier molecular flexibility index (Phi) is 5.51. The van der Waals surface area contributed by atoms with Crippen molar-refractivity contribution in [2.45, 2.75) is 33.2 Å². The number of amides is 1. The molecule has 0 aliphatic carbocycles. The van der Waals surface area contributed by atoms with Gasteiger partial charge in [0.1, 0.15) is 0 Å². The summed E-state index contributed by atoms with van der Waals surface area (Å²) in [6.45, 7) is 6.55. The molecule has 0 radical (unpaired) electrons. The highest BCUT2D eigenvalue weighted by molar-refractivity contribution is 7.91. The van der Waals surface area contributed by atoms with Crippen LogP contribution in [0.3, 0.4) is 0 Å². The Morgan fingerprint density at radius 1 is 1.26 bits per heavy atom. The van der Waals surface area contributed by atoms with E-state index in [1.165, 1.54) is 6.20 Å². The van der Waals surface area contributed by atoms with Gasteiger partial charge in [-0.25, -0.2) is 8.42 Å². The van der Waals surface area contributed by atoms with Crippen LogP contribution in [0.15, 0.2) is 36.7 Å². The summed E-state index contributed by atoms with van der Waals surface area (Å²) in [5.74, 6) is 0.144. The van der Waals surface area contributed by atoms with Gasteiger partial charge in [-0.2, -0.15) is 0 Å². The van der Waals surface area contributed by atoms with Gasteiger partial charge in [-0.15, -0.1) is 0 Å². The molecule has 1 N–H and O–H groups in total. The second-order valence-corrected chi connectivity index (χ2v) is 9.22. The molecule has 7 heteroatoms. The molecule has 1 aliphatic heterocycles. The number of rotatable bonds is 5. The number of sulfone groups is 1. The lowest BCUT2D eigenvalue weighted by Gasteiger charge is -2.29. The summed E-state index contributed by atoms with van der Waals surface area (Å²) >= 11 is 0. The molecule has 1 amide bonds. The molecule has 1 aliphatic rings. The highest BCUT2D eigenvalue weighted by Crippen LogP contribution is 2.25. The first-order valence-electron chi connectivity index (χ1n) is 9.10. The van der Waals surface area contributed by atoms with Crippen molar-refractivity contribution in [3.05, 3.63) is 53.3 Å². The molecule has 144 valence electrons. The number of benzene rings is 1. The van der Waals surface area contributed by atoms with Crippen LogP contribution in [0.25, 0.3) is 0 Å². The molecule has 1 saturated heterocycles. The van der Waals surface area contributed by atoms with Crippen LogP contribution in [0.4, 0.5) is 11.4 Å². The molecule has 27 heavy (non-hydrogen) atoms. The van der Waals surface area contributed by atoms with Crippen molar-refractivity contribution >= 4 is 27.1 Å². The van der Waals surface area contributed by atoms with Crippen LogP contribution >= 0.6 is 0 Å². The van der Waals surface area contributed by atoms with Crippen molar-refractivity contribution in [2.24, 2.45) is 0 Å². The normalized spacial score (nSPS) is 18.3. The number of para-hydroxylation sites is 1. The van der Waals surface area contributed by atoms with E-state index in [0.717, 1.165) is 22.5 Å². The smallest absolute Gasteiger partial charge is 0.257 e. The first-order valence-corrected chi connectivity index (χ1v) is 10.9. The van der Waals surface area contributed by atoms with E-state index in [9.17, 15) is 13.2 Å². The number of nitrogens with one attached hydrogen (secondary N) is 1.